The molecule has 4 fully saturated rings. The number of nitrogens with zero attached hydrogens (tertiary/aromatic N) is 3. The number of rotatable bonds is 7. The maximum absolute atomic E-state index is 12.3. The molecule has 1 N–H and O–H groups in total. The molecular formula is C22H30N4O2S. The third-order valence-corrected chi connectivity index (χ3v) is 9.08. The van der Waals surface area contributed by atoms with E-state index in [1.807, 2.05) is 10.5 Å². The van der Waals surface area contributed by atoms with Crippen LogP contribution in [0, 0.1) is 10.8 Å². The molecule has 7 heteroatoms. The van der Waals surface area contributed by atoms with Gasteiger partial charge in [-0.15, -0.1) is 10.2 Å². The highest BCUT2D eigenvalue weighted by Gasteiger charge is 2.48. The van der Waals surface area contributed by atoms with Crippen LogP contribution in [0.1, 0.15) is 82.6 Å². The minimum absolute atomic E-state index is 0.263. The van der Waals surface area contributed by atoms with E-state index in [1.54, 1.807) is 0 Å². The second-order valence-electron chi connectivity index (χ2n) is 10.3. The third kappa shape index (κ3) is 3.56. The number of nitrogens with one attached hydrogen (secondary N) is 1. The lowest BCUT2D eigenvalue weighted by Crippen LogP contribution is -2.31. The molecule has 2 aromatic rings. The fraction of sp³-hybridized carbons (Fsp3) is 0.727. The van der Waals surface area contributed by atoms with Gasteiger partial charge in [-0.05, 0) is 75.5 Å². The van der Waals surface area contributed by atoms with Gasteiger partial charge in [-0.3, -0.25) is 9.12 Å². The van der Waals surface area contributed by atoms with Crippen LogP contribution in [-0.4, -0.2) is 30.7 Å². The number of ether oxygens (including phenoxy) is 1. The molecule has 0 aliphatic heterocycles. The van der Waals surface area contributed by atoms with E-state index in [0.717, 1.165) is 30.8 Å². The van der Waals surface area contributed by atoms with Crippen LogP contribution >= 0.6 is 0 Å². The van der Waals surface area contributed by atoms with Crippen LogP contribution in [-0.2, 0) is 11.0 Å². The molecule has 2 heterocycles. The van der Waals surface area contributed by atoms with E-state index < -0.39 is 11.0 Å². The summed E-state index contributed by atoms with van der Waals surface area (Å²) in [5.74, 6) is 2.11. The summed E-state index contributed by atoms with van der Waals surface area (Å²) < 4.78 is 23.7. The van der Waals surface area contributed by atoms with Crippen LogP contribution < -0.4 is 9.46 Å². The summed E-state index contributed by atoms with van der Waals surface area (Å²) in [5.41, 5.74) is 2.99. The van der Waals surface area contributed by atoms with Crippen molar-refractivity contribution in [1.82, 2.24) is 14.6 Å². The van der Waals surface area contributed by atoms with Gasteiger partial charge >= 0.3 is 0 Å². The average Bonchev–Trinajstić information content (AvgIpc) is 3.60. The summed E-state index contributed by atoms with van der Waals surface area (Å²) in [5, 5.41) is 8.82. The van der Waals surface area contributed by atoms with E-state index in [-0.39, 0.29) is 10.7 Å². The van der Waals surface area contributed by atoms with Gasteiger partial charge in [0, 0.05) is 23.2 Å². The van der Waals surface area contributed by atoms with Gasteiger partial charge in [-0.2, -0.15) is 0 Å². The summed E-state index contributed by atoms with van der Waals surface area (Å²) in [7, 11) is -1.07. The zero-order valence-corrected chi connectivity index (χ0v) is 18.0. The number of anilines is 1. The molecule has 6 nitrogen and oxygen atoms in total. The summed E-state index contributed by atoms with van der Waals surface area (Å²) in [4.78, 5) is 0. The van der Waals surface area contributed by atoms with Crippen molar-refractivity contribution in [2.75, 3.05) is 11.3 Å². The quantitative estimate of drug-likeness (QED) is 0.720. The molecule has 6 rings (SSSR count). The molecule has 1 spiro atoms. The van der Waals surface area contributed by atoms with Crippen molar-refractivity contribution in [2.45, 2.75) is 82.3 Å². The Balaban J connectivity index is 1.22. The molecule has 0 aromatic carbocycles. The molecule has 0 amide bonds. The predicted octanol–water partition coefficient (Wildman–Crippen LogP) is 4.58. The van der Waals surface area contributed by atoms with Gasteiger partial charge in [0.25, 0.3) is 0 Å². The second-order valence-corrected chi connectivity index (χ2v) is 11.8. The van der Waals surface area contributed by atoms with Crippen molar-refractivity contribution < 1.29 is 8.95 Å². The van der Waals surface area contributed by atoms with Crippen molar-refractivity contribution >= 4 is 22.6 Å². The highest BCUT2D eigenvalue weighted by Crippen LogP contribution is 2.59. The van der Waals surface area contributed by atoms with Gasteiger partial charge in [-0.1, -0.05) is 6.92 Å². The number of hydrogen-bond acceptors (Lipinski definition) is 4. The Morgan fingerprint density at radius 1 is 1.14 bits per heavy atom. The summed E-state index contributed by atoms with van der Waals surface area (Å²) in [6.45, 7) is 3.17. The molecule has 1 unspecified atom stereocenters. The van der Waals surface area contributed by atoms with Crippen molar-refractivity contribution in [1.29, 1.82) is 0 Å². The predicted molar refractivity (Wildman–Crippen MR) is 113 cm³/mol. The van der Waals surface area contributed by atoms with Crippen LogP contribution in [0.2, 0.25) is 0 Å². The first-order chi connectivity index (χ1) is 14.0. The molecule has 4 aliphatic carbocycles. The zero-order valence-electron chi connectivity index (χ0n) is 17.2. The van der Waals surface area contributed by atoms with Gasteiger partial charge in [0.1, 0.15) is 16.7 Å². The Morgan fingerprint density at radius 3 is 2.52 bits per heavy atom. The SMILES string of the molecule is CC1(COc2cc3nnc(NS(=O)C4CC4)n3cc2C2CC2)CCC2(CC1)CC2. The summed E-state index contributed by atoms with van der Waals surface area (Å²) >= 11 is 0. The standard InChI is InChI=1S/C22H30N4O2S/c1-21(6-8-22(9-7-21)10-11-22)14-28-18-12-19-23-24-20(25-29(27)16-4-5-16)26(19)13-17(18)15-2-3-15/h12-13,15-16H,2-11,14H2,1H3,(H,24,25). The smallest absolute Gasteiger partial charge is 0.240 e. The first-order valence-corrected chi connectivity index (χ1v) is 12.4. The number of fused-ring (bicyclic) bond motifs is 1. The highest BCUT2D eigenvalue weighted by molar-refractivity contribution is 7.87. The number of hydrogen-bond donors (Lipinski definition) is 1. The van der Waals surface area contributed by atoms with Crippen molar-refractivity contribution in [3.05, 3.63) is 17.8 Å². The van der Waals surface area contributed by atoms with Crippen LogP contribution in [0.3, 0.4) is 0 Å². The lowest BCUT2D eigenvalue weighted by Gasteiger charge is -2.37. The Bertz CT molecular complexity index is 965. The van der Waals surface area contributed by atoms with E-state index >= 15 is 0 Å². The zero-order chi connectivity index (χ0) is 19.6. The second kappa shape index (κ2) is 6.43. The fourth-order valence-corrected chi connectivity index (χ4v) is 5.79. The number of aromatic nitrogens is 3. The third-order valence-electron chi connectivity index (χ3n) is 7.62. The van der Waals surface area contributed by atoms with Gasteiger partial charge in [-0.25, -0.2) is 4.21 Å². The first-order valence-electron chi connectivity index (χ1n) is 11.2. The van der Waals surface area contributed by atoms with Crippen LogP contribution in [0.5, 0.6) is 5.75 Å². The Morgan fingerprint density at radius 2 is 1.86 bits per heavy atom. The molecule has 29 heavy (non-hydrogen) atoms. The molecule has 0 saturated heterocycles. The molecule has 156 valence electrons. The Kier molecular flexibility index (Phi) is 4.03. The topological polar surface area (TPSA) is 68.5 Å². The highest BCUT2D eigenvalue weighted by atomic mass is 32.2. The molecule has 0 radical (unpaired) electrons. The van der Waals surface area contributed by atoms with E-state index in [9.17, 15) is 4.21 Å². The Hall–Kier alpha value is -1.63. The lowest BCUT2D eigenvalue weighted by atomic mass is 9.71. The van der Waals surface area contributed by atoms with E-state index in [1.165, 1.54) is 56.9 Å². The maximum atomic E-state index is 12.3. The van der Waals surface area contributed by atoms with Crippen molar-refractivity contribution in [2.24, 2.45) is 10.8 Å². The van der Waals surface area contributed by atoms with Crippen molar-refractivity contribution in [3.63, 3.8) is 0 Å². The van der Waals surface area contributed by atoms with E-state index in [2.05, 4.69) is 28.0 Å². The molecule has 0 bridgehead atoms. The summed E-state index contributed by atoms with van der Waals surface area (Å²) in [6, 6.07) is 2.03. The minimum atomic E-state index is -1.07. The van der Waals surface area contributed by atoms with Crippen LogP contribution in [0.25, 0.3) is 5.65 Å². The van der Waals surface area contributed by atoms with E-state index in [4.69, 9.17) is 4.74 Å². The monoisotopic (exact) mass is 414 g/mol. The fourth-order valence-electron chi connectivity index (χ4n) is 4.74. The van der Waals surface area contributed by atoms with Gasteiger partial charge in [0.05, 0.1) is 11.9 Å². The lowest BCUT2D eigenvalue weighted by molar-refractivity contribution is 0.0872. The van der Waals surface area contributed by atoms with Crippen molar-refractivity contribution in [3.8, 4) is 5.75 Å². The summed E-state index contributed by atoms with van der Waals surface area (Å²) in [6.07, 6.45) is 14.8. The average molecular weight is 415 g/mol. The molecule has 1 atom stereocenters. The van der Waals surface area contributed by atoms with Crippen LogP contribution in [0.15, 0.2) is 12.3 Å². The first kappa shape index (κ1) is 18.2. The van der Waals surface area contributed by atoms with Gasteiger partial charge < -0.3 is 4.74 Å². The van der Waals surface area contributed by atoms with Crippen LogP contribution in [0.4, 0.5) is 5.95 Å². The molecule has 4 aliphatic rings. The minimum Gasteiger partial charge on any atom is -0.493 e. The van der Waals surface area contributed by atoms with Gasteiger partial charge in [0.15, 0.2) is 5.65 Å². The molecule has 2 aromatic heterocycles. The Labute approximate surface area is 174 Å². The molecule has 4 saturated carbocycles. The van der Waals surface area contributed by atoms with Gasteiger partial charge in [0.2, 0.25) is 5.95 Å². The number of pyridine rings is 1. The maximum Gasteiger partial charge on any atom is 0.240 e. The largest absolute Gasteiger partial charge is 0.493 e. The molecular weight excluding hydrogens is 384 g/mol. The normalized spacial score (nSPS) is 25.8. The van der Waals surface area contributed by atoms with E-state index in [0.29, 0.717) is 17.3 Å².